The topological polar surface area (TPSA) is 115 Å². The number of aryl methyl sites for hydroxylation is 1. The van der Waals surface area contributed by atoms with E-state index >= 15 is 0 Å². The lowest BCUT2D eigenvalue weighted by molar-refractivity contribution is -0.132. The summed E-state index contributed by atoms with van der Waals surface area (Å²) in [6.07, 6.45) is 1.92. The van der Waals surface area contributed by atoms with E-state index in [1.54, 1.807) is 55.5 Å². The Morgan fingerprint density at radius 2 is 1.84 bits per heavy atom. The lowest BCUT2D eigenvalue weighted by atomic mass is 9.95. The first-order valence-corrected chi connectivity index (χ1v) is 12.9. The Balaban J connectivity index is 1.84. The van der Waals surface area contributed by atoms with Gasteiger partial charge in [0.25, 0.3) is 5.78 Å². The first-order chi connectivity index (χ1) is 18.3. The Bertz CT molecular complexity index is 1390. The second-order valence-electron chi connectivity index (χ2n) is 8.57. The molecule has 1 saturated heterocycles. The molecule has 1 aliphatic rings. The van der Waals surface area contributed by atoms with Crippen LogP contribution in [0, 0.1) is 6.92 Å². The zero-order valence-corrected chi connectivity index (χ0v) is 22.3. The van der Waals surface area contributed by atoms with Gasteiger partial charge in [-0.3, -0.25) is 14.5 Å². The molecule has 0 spiro atoms. The van der Waals surface area contributed by atoms with Crippen LogP contribution in [0.4, 0.5) is 5.13 Å². The van der Waals surface area contributed by atoms with Gasteiger partial charge in [-0.05, 0) is 55.3 Å². The van der Waals surface area contributed by atoms with Crippen LogP contribution in [-0.4, -0.2) is 48.6 Å². The molecule has 1 atom stereocenters. The number of aromatic nitrogens is 1. The molecule has 0 aliphatic carbocycles. The number of nitrogens with zero attached hydrogens (tertiary/aromatic N) is 2. The van der Waals surface area contributed by atoms with E-state index in [0.29, 0.717) is 34.9 Å². The van der Waals surface area contributed by atoms with Crippen LogP contribution in [0.3, 0.4) is 0 Å². The predicted octanol–water partition coefficient (Wildman–Crippen LogP) is 5.05. The Morgan fingerprint density at radius 1 is 1.11 bits per heavy atom. The molecule has 1 aromatic heterocycles. The van der Waals surface area contributed by atoms with Crippen LogP contribution in [0.5, 0.6) is 11.5 Å². The number of carbonyl (C=O) groups excluding carboxylic acids is 3. The van der Waals surface area contributed by atoms with Crippen molar-refractivity contribution in [2.24, 2.45) is 0 Å². The van der Waals surface area contributed by atoms with Gasteiger partial charge in [-0.1, -0.05) is 36.8 Å². The van der Waals surface area contributed by atoms with E-state index in [0.717, 1.165) is 24.2 Å². The van der Waals surface area contributed by atoms with Gasteiger partial charge >= 0.3 is 11.9 Å². The number of amides is 1. The second kappa shape index (κ2) is 11.5. The van der Waals surface area contributed by atoms with Gasteiger partial charge in [0.15, 0.2) is 5.13 Å². The van der Waals surface area contributed by atoms with Crippen molar-refractivity contribution < 1.29 is 33.7 Å². The molecule has 2 aromatic carbocycles. The fraction of sp³-hybridized carbons (Fsp3) is 0.286. The molecule has 1 unspecified atom stereocenters. The largest absolute Gasteiger partial charge is 0.507 e. The number of unbranched alkanes of at least 4 members (excludes halogenated alkanes) is 1. The number of ketones is 1. The molecule has 198 valence electrons. The third kappa shape index (κ3) is 5.12. The molecule has 9 nitrogen and oxygen atoms in total. The quantitative estimate of drug-likeness (QED) is 0.133. The fourth-order valence-electron chi connectivity index (χ4n) is 4.12. The number of Topliss-reactive ketones (excluding diaryl/α,β-unsaturated/α-hetero) is 1. The van der Waals surface area contributed by atoms with Crippen LogP contribution >= 0.6 is 11.3 Å². The number of aliphatic hydroxyl groups is 1. The van der Waals surface area contributed by atoms with Gasteiger partial charge in [-0.2, -0.15) is 0 Å². The van der Waals surface area contributed by atoms with Crippen molar-refractivity contribution in [2.45, 2.75) is 32.7 Å². The molecule has 0 saturated carbocycles. The van der Waals surface area contributed by atoms with Crippen LogP contribution in [0.15, 0.2) is 54.1 Å². The molecule has 38 heavy (non-hydrogen) atoms. The summed E-state index contributed by atoms with van der Waals surface area (Å²) in [6, 6.07) is 12.5. The van der Waals surface area contributed by atoms with Crippen LogP contribution < -0.4 is 14.4 Å². The summed E-state index contributed by atoms with van der Waals surface area (Å²) >= 11 is 0.940. The van der Waals surface area contributed by atoms with Crippen molar-refractivity contribution in [3.63, 3.8) is 0 Å². The lowest BCUT2D eigenvalue weighted by Gasteiger charge is -2.23. The third-order valence-corrected chi connectivity index (χ3v) is 7.25. The Kier molecular flexibility index (Phi) is 8.11. The second-order valence-corrected chi connectivity index (χ2v) is 9.55. The average Bonchev–Trinajstić information content (AvgIpc) is 3.44. The number of anilines is 1. The van der Waals surface area contributed by atoms with Gasteiger partial charge < -0.3 is 19.3 Å². The fourth-order valence-corrected chi connectivity index (χ4v) is 5.13. The third-order valence-electron chi connectivity index (χ3n) is 6.11. The summed E-state index contributed by atoms with van der Waals surface area (Å²) in [5.41, 5.74) is 1.14. The Hall–Kier alpha value is -4.18. The van der Waals surface area contributed by atoms with Crippen LogP contribution in [0.2, 0.25) is 0 Å². The number of carbonyl (C=O) groups is 3. The van der Waals surface area contributed by atoms with E-state index in [-0.39, 0.29) is 21.3 Å². The minimum atomic E-state index is -1.01. The normalized spacial score (nSPS) is 16.5. The van der Waals surface area contributed by atoms with Gasteiger partial charge in [-0.25, -0.2) is 9.78 Å². The number of thiazole rings is 1. The average molecular weight is 537 g/mol. The molecule has 0 radical (unpaired) electrons. The number of hydrogen-bond acceptors (Lipinski definition) is 9. The molecule has 2 heterocycles. The standard InChI is InChI=1S/C28H28N2O7S/c1-5-6-14-37-19-12-10-17(11-13-19)23(31)21-22(18-8-7-9-20(15-18)35-3)30(26(33)24(21)32)28-29-16(2)25(38-28)27(34)36-4/h7-13,15,22,31H,5-6,14H2,1-4H3/b23-21+. The number of ether oxygens (including phenoxy) is 3. The van der Waals surface area contributed by atoms with Gasteiger partial charge in [0.1, 0.15) is 22.1 Å². The highest BCUT2D eigenvalue weighted by atomic mass is 32.1. The number of esters is 1. The molecular formula is C28H28N2O7S. The number of aliphatic hydroxyl groups excluding tert-OH is 1. The molecule has 3 aromatic rings. The number of hydrogen-bond donors (Lipinski definition) is 1. The highest BCUT2D eigenvalue weighted by Crippen LogP contribution is 2.44. The molecule has 1 N–H and O–H groups in total. The molecule has 1 amide bonds. The summed E-state index contributed by atoms with van der Waals surface area (Å²) in [6.45, 7) is 4.26. The summed E-state index contributed by atoms with van der Waals surface area (Å²) in [5.74, 6) is -1.53. The summed E-state index contributed by atoms with van der Waals surface area (Å²) < 4.78 is 15.9. The molecule has 0 bridgehead atoms. The minimum absolute atomic E-state index is 0.102. The maximum atomic E-state index is 13.4. The maximum absolute atomic E-state index is 13.4. The number of methoxy groups -OCH3 is 2. The van der Waals surface area contributed by atoms with Crippen molar-refractivity contribution in [3.8, 4) is 11.5 Å². The molecule has 4 rings (SSSR count). The first-order valence-electron chi connectivity index (χ1n) is 12.0. The van der Waals surface area contributed by atoms with E-state index in [2.05, 4.69) is 11.9 Å². The molecule has 10 heteroatoms. The Morgan fingerprint density at radius 3 is 2.50 bits per heavy atom. The molecule has 1 aliphatic heterocycles. The molecular weight excluding hydrogens is 508 g/mol. The number of rotatable bonds is 9. The van der Waals surface area contributed by atoms with Gasteiger partial charge in [-0.15, -0.1) is 0 Å². The van der Waals surface area contributed by atoms with Crippen LogP contribution in [0.1, 0.15) is 52.3 Å². The van der Waals surface area contributed by atoms with E-state index in [1.165, 1.54) is 19.1 Å². The van der Waals surface area contributed by atoms with Gasteiger partial charge in [0.2, 0.25) is 0 Å². The molecule has 1 fully saturated rings. The minimum Gasteiger partial charge on any atom is -0.507 e. The summed E-state index contributed by atoms with van der Waals surface area (Å²) in [4.78, 5) is 44.8. The van der Waals surface area contributed by atoms with Crippen molar-refractivity contribution in [1.29, 1.82) is 0 Å². The van der Waals surface area contributed by atoms with Crippen LogP contribution in [-0.2, 0) is 14.3 Å². The van der Waals surface area contributed by atoms with Gasteiger partial charge in [0.05, 0.1) is 38.1 Å². The van der Waals surface area contributed by atoms with Crippen molar-refractivity contribution in [1.82, 2.24) is 4.98 Å². The SMILES string of the molecule is CCCCOc1ccc(/C(O)=C2\C(=O)C(=O)N(c3nc(C)c(C(=O)OC)s3)C2c2cccc(OC)c2)cc1. The lowest BCUT2D eigenvalue weighted by Crippen LogP contribution is -2.29. The van der Waals surface area contributed by atoms with Crippen molar-refractivity contribution >= 4 is 39.9 Å². The van der Waals surface area contributed by atoms with E-state index in [9.17, 15) is 19.5 Å². The zero-order chi connectivity index (χ0) is 27.4. The van der Waals surface area contributed by atoms with E-state index in [4.69, 9.17) is 14.2 Å². The van der Waals surface area contributed by atoms with Crippen molar-refractivity contribution in [3.05, 3.63) is 75.8 Å². The highest BCUT2D eigenvalue weighted by molar-refractivity contribution is 7.17. The Labute approximate surface area is 224 Å². The zero-order valence-electron chi connectivity index (χ0n) is 21.5. The maximum Gasteiger partial charge on any atom is 0.350 e. The summed E-state index contributed by atoms with van der Waals surface area (Å²) in [5, 5.41) is 11.5. The van der Waals surface area contributed by atoms with Gasteiger partial charge in [0, 0.05) is 5.56 Å². The van der Waals surface area contributed by atoms with E-state index in [1.807, 2.05) is 0 Å². The van der Waals surface area contributed by atoms with Crippen LogP contribution in [0.25, 0.3) is 5.76 Å². The number of benzene rings is 2. The van der Waals surface area contributed by atoms with E-state index < -0.39 is 23.7 Å². The summed E-state index contributed by atoms with van der Waals surface area (Å²) in [7, 11) is 2.76. The highest BCUT2D eigenvalue weighted by Gasteiger charge is 2.48. The smallest absolute Gasteiger partial charge is 0.350 e. The predicted molar refractivity (Wildman–Crippen MR) is 143 cm³/mol. The monoisotopic (exact) mass is 536 g/mol. The first kappa shape index (κ1) is 26.9. The van der Waals surface area contributed by atoms with Crippen molar-refractivity contribution in [2.75, 3.05) is 25.7 Å².